The molecule has 0 fully saturated rings. The fraction of sp³-hybridized carbons (Fsp3) is 0.429. The molecule has 1 aliphatic heterocycles. The van der Waals surface area contributed by atoms with Gasteiger partial charge in [0.2, 0.25) is 5.54 Å². The van der Waals surface area contributed by atoms with Gasteiger partial charge in [-0.3, -0.25) is 5.32 Å². The monoisotopic (exact) mass is 279 g/mol. The van der Waals surface area contributed by atoms with Crippen LogP contribution in [0, 0.1) is 0 Å². The summed E-state index contributed by atoms with van der Waals surface area (Å²) >= 11 is 0. The first-order valence-corrected chi connectivity index (χ1v) is 6.21. The van der Waals surface area contributed by atoms with E-state index in [1.54, 1.807) is 45.0 Å². The lowest BCUT2D eigenvalue weighted by atomic mass is 9.92. The summed E-state index contributed by atoms with van der Waals surface area (Å²) in [7, 11) is 0. The van der Waals surface area contributed by atoms with Crippen molar-refractivity contribution >= 4 is 12.1 Å². The third-order valence-electron chi connectivity index (χ3n) is 2.87. The second-order valence-electron chi connectivity index (χ2n) is 5.62. The highest BCUT2D eigenvalue weighted by molar-refractivity contribution is 5.88. The van der Waals surface area contributed by atoms with E-state index in [1.165, 1.54) is 0 Å². The molecular weight excluding hydrogens is 262 g/mol. The predicted molar refractivity (Wildman–Crippen MR) is 70.6 cm³/mol. The number of nitrogens with one attached hydrogen (secondary N) is 1. The van der Waals surface area contributed by atoms with Crippen molar-refractivity contribution < 1.29 is 24.2 Å². The van der Waals surface area contributed by atoms with Crippen molar-refractivity contribution in [1.29, 1.82) is 0 Å². The molecule has 0 saturated carbocycles. The zero-order valence-corrected chi connectivity index (χ0v) is 11.6. The third-order valence-corrected chi connectivity index (χ3v) is 2.87. The van der Waals surface area contributed by atoms with Crippen molar-refractivity contribution in [1.82, 2.24) is 5.32 Å². The lowest BCUT2D eigenvalue weighted by molar-refractivity contribution is -0.145. The van der Waals surface area contributed by atoms with Crippen molar-refractivity contribution in [2.75, 3.05) is 6.61 Å². The van der Waals surface area contributed by atoms with Crippen LogP contribution < -0.4 is 10.1 Å². The molecule has 1 aliphatic rings. The molecule has 1 aromatic rings. The molecule has 0 bridgehead atoms. The molecular formula is C14H17NO5. The lowest BCUT2D eigenvalue weighted by Crippen LogP contribution is -2.54. The van der Waals surface area contributed by atoms with Crippen LogP contribution in [-0.4, -0.2) is 29.4 Å². The number of hydrogen-bond donors (Lipinski definition) is 2. The number of carbonyl (C=O) groups is 2. The molecule has 6 heteroatoms. The average Bonchev–Trinajstić information content (AvgIpc) is 2.67. The molecule has 2 rings (SSSR count). The van der Waals surface area contributed by atoms with Crippen LogP contribution in [-0.2, 0) is 15.1 Å². The van der Waals surface area contributed by atoms with Gasteiger partial charge in [-0.1, -0.05) is 18.2 Å². The van der Waals surface area contributed by atoms with Crippen LogP contribution in [0.25, 0.3) is 0 Å². The van der Waals surface area contributed by atoms with Crippen LogP contribution >= 0.6 is 0 Å². The van der Waals surface area contributed by atoms with Crippen molar-refractivity contribution in [2.45, 2.75) is 31.9 Å². The molecule has 0 aromatic heterocycles. The van der Waals surface area contributed by atoms with Gasteiger partial charge in [-0.25, -0.2) is 9.59 Å². The predicted octanol–water partition coefficient (Wildman–Crippen LogP) is 1.88. The largest absolute Gasteiger partial charge is 0.490 e. The Kier molecular flexibility index (Phi) is 3.33. The fourth-order valence-electron chi connectivity index (χ4n) is 2.02. The number of carboxylic acids is 1. The van der Waals surface area contributed by atoms with E-state index in [2.05, 4.69) is 5.32 Å². The third kappa shape index (κ3) is 2.54. The standard InChI is InChI=1S/C14H17NO5/c1-13(2,3)20-12(18)15-14(11(16)17)8-19-10-7-5-4-6-9(10)14/h4-7H,8H2,1-3H3,(H,15,18)(H,16,17). The van der Waals surface area contributed by atoms with Crippen molar-refractivity contribution in [2.24, 2.45) is 0 Å². The van der Waals surface area contributed by atoms with Crippen molar-refractivity contribution in [3.05, 3.63) is 29.8 Å². The van der Waals surface area contributed by atoms with Crippen molar-refractivity contribution in [3.63, 3.8) is 0 Å². The summed E-state index contributed by atoms with van der Waals surface area (Å²) < 4.78 is 10.5. The fourth-order valence-corrected chi connectivity index (χ4v) is 2.02. The molecule has 20 heavy (non-hydrogen) atoms. The van der Waals surface area contributed by atoms with E-state index >= 15 is 0 Å². The van der Waals surface area contributed by atoms with Crippen LogP contribution in [0.2, 0.25) is 0 Å². The van der Waals surface area contributed by atoms with Gasteiger partial charge in [-0.15, -0.1) is 0 Å². The number of aliphatic carboxylic acids is 1. The highest BCUT2D eigenvalue weighted by Gasteiger charge is 2.49. The zero-order valence-electron chi connectivity index (χ0n) is 11.6. The molecule has 0 saturated heterocycles. The van der Waals surface area contributed by atoms with Crippen LogP contribution in [0.1, 0.15) is 26.3 Å². The average molecular weight is 279 g/mol. The molecule has 1 atom stereocenters. The summed E-state index contributed by atoms with van der Waals surface area (Å²) in [5, 5.41) is 11.9. The number of ether oxygens (including phenoxy) is 2. The molecule has 108 valence electrons. The molecule has 1 heterocycles. The van der Waals surface area contributed by atoms with Gasteiger partial charge in [0.15, 0.2) is 0 Å². The summed E-state index contributed by atoms with van der Waals surface area (Å²) in [6.07, 6.45) is -0.791. The molecule has 1 aromatic carbocycles. The molecule has 0 radical (unpaired) electrons. The van der Waals surface area contributed by atoms with Gasteiger partial charge in [0.1, 0.15) is 18.0 Å². The smallest absolute Gasteiger partial charge is 0.408 e. The number of fused-ring (bicyclic) bond motifs is 1. The minimum absolute atomic E-state index is 0.166. The number of carbonyl (C=O) groups excluding carboxylic acids is 1. The van der Waals surface area contributed by atoms with Crippen LogP contribution in [0.4, 0.5) is 4.79 Å². The highest BCUT2D eigenvalue weighted by Crippen LogP contribution is 2.37. The second kappa shape index (κ2) is 4.70. The van der Waals surface area contributed by atoms with Crippen LogP contribution in [0.5, 0.6) is 5.75 Å². The Hall–Kier alpha value is -2.24. The number of carboxylic acid groups (broad SMARTS) is 1. The van der Waals surface area contributed by atoms with Gasteiger partial charge in [0.05, 0.1) is 0 Å². The number of alkyl carbamates (subject to hydrolysis) is 1. The Morgan fingerprint density at radius 1 is 1.35 bits per heavy atom. The molecule has 1 unspecified atom stereocenters. The quantitative estimate of drug-likeness (QED) is 0.863. The summed E-state index contributed by atoms with van der Waals surface area (Å²) in [6.45, 7) is 4.96. The van der Waals surface area contributed by atoms with E-state index in [4.69, 9.17) is 9.47 Å². The van der Waals surface area contributed by atoms with Gasteiger partial charge in [-0.05, 0) is 26.8 Å². The molecule has 2 N–H and O–H groups in total. The van der Waals surface area contributed by atoms with E-state index in [0.29, 0.717) is 11.3 Å². The normalized spacial score (nSPS) is 20.8. The number of hydrogen-bond acceptors (Lipinski definition) is 4. The Bertz CT molecular complexity index is 549. The second-order valence-corrected chi connectivity index (χ2v) is 5.62. The Labute approximate surface area is 116 Å². The van der Waals surface area contributed by atoms with Gasteiger partial charge in [0.25, 0.3) is 0 Å². The van der Waals surface area contributed by atoms with E-state index in [0.717, 1.165) is 0 Å². The number of rotatable bonds is 2. The highest BCUT2D eigenvalue weighted by atomic mass is 16.6. The van der Waals surface area contributed by atoms with Crippen LogP contribution in [0.3, 0.4) is 0 Å². The lowest BCUT2D eigenvalue weighted by Gasteiger charge is -2.27. The van der Waals surface area contributed by atoms with Crippen LogP contribution in [0.15, 0.2) is 24.3 Å². The van der Waals surface area contributed by atoms with Gasteiger partial charge >= 0.3 is 12.1 Å². The van der Waals surface area contributed by atoms with Gasteiger partial charge in [0, 0.05) is 5.56 Å². The first-order valence-electron chi connectivity index (χ1n) is 6.21. The Morgan fingerprint density at radius 2 is 2.00 bits per heavy atom. The maximum absolute atomic E-state index is 11.9. The summed E-state index contributed by atoms with van der Waals surface area (Å²) in [5.74, 6) is -0.737. The Morgan fingerprint density at radius 3 is 2.60 bits per heavy atom. The van der Waals surface area contributed by atoms with Crippen molar-refractivity contribution in [3.8, 4) is 5.75 Å². The van der Waals surface area contributed by atoms with Gasteiger partial charge < -0.3 is 14.6 Å². The zero-order chi connectivity index (χ0) is 15.0. The van der Waals surface area contributed by atoms with E-state index in [9.17, 15) is 14.7 Å². The molecule has 6 nitrogen and oxygen atoms in total. The Balaban J connectivity index is 2.30. The van der Waals surface area contributed by atoms with E-state index in [-0.39, 0.29) is 6.61 Å². The maximum atomic E-state index is 11.9. The summed E-state index contributed by atoms with van der Waals surface area (Å²) in [5.41, 5.74) is -1.90. The number of para-hydroxylation sites is 1. The molecule has 0 aliphatic carbocycles. The minimum Gasteiger partial charge on any atom is -0.490 e. The number of benzene rings is 1. The first-order chi connectivity index (χ1) is 9.24. The molecule has 1 amide bonds. The summed E-state index contributed by atoms with van der Waals surface area (Å²) in [4.78, 5) is 23.5. The summed E-state index contributed by atoms with van der Waals surface area (Å²) in [6, 6.07) is 6.72. The maximum Gasteiger partial charge on any atom is 0.408 e. The van der Waals surface area contributed by atoms with E-state index < -0.39 is 23.2 Å². The van der Waals surface area contributed by atoms with E-state index in [1.807, 2.05) is 0 Å². The minimum atomic E-state index is -1.61. The first kappa shape index (κ1) is 14.2. The van der Waals surface area contributed by atoms with Gasteiger partial charge in [-0.2, -0.15) is 0 Å². The topological polar surface area (TPSA) is 84.9 Å². The number of amides is 1. The SMILES string of the molecule is CC(C)(C)OC(=O)NC1(C(=O)O)COc2ccccc21. The molecule has 0 spiro atoms.